The van der Waals surface area contributed by atoms with Gasteiger partial charge in [-0.2, -0.15) is 5.10 Å². The molecule has 2 aromatic rings. The molecule has 0 heterocycles. The second-order valence-electron chi connectivity index (χ2n) is 4.87. The molecule has 7 nitrogen and oxygen atoms in total. The van der Waals surface area contributed by atoms with Crippen molar-refractivity contribution in [3.05, 3.63) is 48.0 Å². The summed E-state index contributed by atoms with van der Waals surface area (Å²) >= 11 is 0. The zero-order chi connectivity index (χ0) is 18.1. The van der Waals surface area contributed by atoms with E-state index in [0.29, 0.717) is 22.8 Å². The van der Waals surface area contributed by atoms with Crippen LogP contribution in [0.15, 0.2) is 47.6 Å². The molecule has 0 spiro atoms. The van der Waals surface area contributed by atoms with Crippen molar-refractivity contribution >= 4 is 12.1 Å². The number of rotatable bonds is 8. The largest absolute Gasteiger partial charge is 0.497 e. The van der Waals surface area contributed by atoms with Gasteiger partial charge in [-0.25, -0.2) is 5.43 Å². The van der Waals surface area contributed by atoms with Crippen LogP contribution < -0.4 is 24.4 Å². The number of nitrogens with zero attached hydrogens (tertiary/aromatic N) is 1. The van der Waals surface area contributed by atoms with Gasteiger partial charge < -0.3 is 18.9 Å². The molecule has 2 aromatic carbocycles. The Balaban J connectivity index is 1.85. The van der Waals surface area contributed by atoms with Crippen molar-refractivity contribution in [1.82, 2.24) is 5.43 Å². The Morgan fingerprint density at radius 2 is 1.60 bits per heavy atom. The molecule has 0 aromatic heterocycles. The van der Waals surface area contributed by atoms with Crippen LogP contribution in [0.25, 0.3) is 0 Å². The number of benzene rings is 2. The minimum absolute atomic E-state index is 0.149. The number of nitrogens with one attached hydrogen (secondary N) is 1. The van der Waals surface area contributed by atoms with Crippen molar-refractivity contribution in [2.75, 3.05) is 27.9 Å². The first-order chi connectivity index (χ1) is 12.2. The fraction of sp³-hybridized carbons (Fsp3) is 0.222. The fourth-order valence-electron chi connectivity index (χ4n) is 1.95. The van der Waals surface area contributed by atoms with Crippen LogP contribution in [0.2, 0.25) is 0 Å². The van der Waals surface area contributed by atoms with Crippen LogP contribution >= 0.6 is 0 Å². The molecule has 1 N–H and O–H groups in total. The lowest BCUT2D eigenvalue weighted by Gasteiger charge is -2.07. The maximum Gasteiger partial charge on any atom is 0.277 e. The topological polar surface area (TPSA) is 78.4 Å². The van der Waals surface area contributed by atoms with E-state index < -0.39 is 0 Å². The Morgan fingerprint density at radius 1 is 0.960 bits per heavy atom. The van der Waals surface area contributed by atoms with Crippen molar-refractivity contribution in [2.24, 2.45) is 5.10 Å². The predicted molar refractivity (Wildman–Crippen MR) is 93.8 cm³/mol. The first-order valence-corrected chi connectivity index (χ1v) is 7.47. The summed E-state index contributed by atoms with van der Waals surface area (Å²) in [5.41, 5.74) is 3.11. The Morgan fingerprint density at radius 3 is 2.24 bits per heavy atom. The van der Waals surface area contributed by atoms with Gasteiger partial charge in [0.05, 0.1) is 27.5 Å². The molecule has 0 aliphatic heterocycles. The highest BCUT2D eigenvalue weighted by atomic mass is 16.5. The Kier molecular flexibility index (Phi) is 6.65. The molecule has 2 rings (SSSR count). The number of hydrogen-bond acceptors (Lipinski definition) is 6. The molecule has 0 saturated carbocycles. The lowest BCUT2D eigenvalue weighted by Crippen LogP contribution is -2.24. The molecule has 0 unspecified atom stereocenters. The molecule has 0 bridgehead atoms. The lowest BCUT2D eigenvalue weighted by atomic mass is 10.2. The standard InChI is InChI=1S/C18H20N2O5/c1-22-14-6-8-15(9-7-14)25-12-18(21)20-19-11-13-4-5-16(23-2)10-17(13)24-3/h4-11H,12H2,1-3H3,(H,20,21)/b19-11+. The van der Waals surface area contributed by atoms with Crippen molar-refractivity contribution in [3.63, 3.8) is 0 Å². The second kappa shape index (κ2) is 9.17. The van der Waals surface area contributed by atoms with Crippen molar-refractivity contribution < 1.29 is 23.7 Å². The fourth-order valence-corrected chi connectivity index (χ4v) is 1.95. The zero-order valence-electron chi connectivity index (χ0n) is 14.3. The smallest absolute Gasteiger partial charge is 0.277 e. The first kappa shape index (κ1) is 18.1. The molecule has 0 radical (unpaired) electrons. The van der Waals surface area contributed by atoms with E-state index in [2.05, 4.69) is 10.5 Å². The van der Waals surface area contributed by atoms with Gasteiger partial charge in [0.2, 0.25) is 0 Å². The quantitative estimate of drug-likeness (QED) is 0.587. The van der Waals surface area contributed by atoms with Crippen molar-refractivity contribution in [1.29, 1.82) is 0 Å². The maximum atomic E-state index is 11.8. The van der Waals surface area contributed by atoms with Gasteiger partial charge in [0, 0.05) is 11.6 Å². The summed E-state index contributed by atoms with van der Waals surface area (Å²) in [6.07, 6.45) is 1.49. The molecular formula is C18H20N2O5. The van der Waals surface area contributed by atoms with E-state index >= 15 is 0 Å². The van der Waals surface area contributed by atoms with Gasteiger partial charge in [-0.05, 0) is 36.4 Å². The van der Waals surface area contributed by atoms with E-state index in [1.807, 2.05) is 0 Å². The summed E-state index contributed by atoms with van der Waals surface area (Å²) in [6, 6.07) is 12.2. The molecule has 7 heteroatoms. The van der Waals surface area contributed by atoms with Gasteiger partial charge in [-0.1, -0.05) is 0 Å². The zero-order valence-corrected chi connectivity index (χ0v) is 14.3. The summed E-state index contributed by atoms with van der Waals surface area (Å²) in [6.45, 7) is -0.149. The highest BCUT2D eigenvalue weighted by Gasteiger charge is 2.04. The van der Waals surface area contributed by atoms with Crippen LogP contribution in [-0.4, -0.2) is 40.1 Å². The molecule has 0 fully saturated rings. The van der Waals surface area contributed by atoms with Gasteiger partial charge in [0.15, 0.2) is 6.61 Å². The number of hydrogen-bond donors (Lipinski definition) is 1. The lowest BCUT2D eigenvalue weighted by molar-refractivity contribution is -0.123. The molecule has 132 valence electrons. The molecule has 0 atom stereocenters. The SMILES string of the molecule is COc1ccc(OCC(=O)N/N=C/c2ccc(OC)cc2OC)cc1. The highest BCUT2D eigenvalue weighted by molar-refractivity contribution is 5.85. The molecule has 25 heavy (non-hydrogen) atoms. The monoisotopic (exact) mass is 344 g/mol. The Labute approximate surface area is 146 Å². The van der Waals surface area contributed by atoms with Crippen LogP contribution in [-0.2, 0) is 4.79 Å². The molecule has 0 aliphatic carbocycles. The average molecular weight is 344 g/mol. The number of hydrazone groups is 1. The summed E-state index contributed by atoms with van der Waals surface area (Å²) in [5, 5.41) is 3.90. The van der Waals surface area contributed by atoms with E-state index in [0.717, 1.165) is 5.75 Å². The number of methoxy groups -OCH3 is 3. The number of ether oxygens (including phenoxy) is 4. The van der Waals surface area contributed by atoms with Gasteiger partial charge in [0.25, 0.3) is 5.91 Å². The average Bonchev–Trinajstić information content (AvgIpc) is 2.66. The van der Waals surface area contributed by atoms with Crippen molar-refractivity contribution in [3.8, 4) is 23.0 Å². The van der Waals surface area contributed by atoms with E-state index in [1.54, 1.807) is 63.8 Å². The van der Waals surface area contributed by atoms with Crippen LogP contribution in [0, 0.1) is 0 Å². The van der Waals surface area contributed by atoms with Crippen LogP contribution in [0.5, 0.6) is 23.0 Å². The Bertz CT molecular complexity index is 729. The van der Waals surface area contributed by atoms with Gasteiger partial charge >= 0.3 is 0 Å². The third-order valence-corrected chi connectivity index (χ3v) is 3.26. The first-order valence-electron chi connectivity index (χ1n) is 7.47. The minimum atomic E-state index is -0.375. The summed E-state index contributed by atoms with van der Waals surface area (Å²) in [4.78, 5) is 11.8. The second-order valence-corrected chi connectivity index (χ2v) is 4.87. The Hall–Kier alpha value is -3.22. The van der Waals surface area contributed by atoms with Gasteiger partial charge in [-0.3, -0.25) is 4.79 Å². The van der Waals surface area contributed by atoms with E-state index in [-0.39, 0.29) is 12.5 Å². The summed E-state index contributed by atoms with van der Waals surface area (Å²) in [7, 11) is 4.71. The van der Waals surface area contributed by atoms with Crippen LogP contribution in [0.1, 0.15) is 5.56 Å². The maximum absolute atomic E-state index is 11.8. The van der Waals surface area contributed by atoms with Gasteiger partial charge in [0.1, 0.15) is 23.0 Å². The van der Waals surface area contributed by atoms with E-state index in [1.165, 1.54) is 6.21 Å². The third-order valence-electron chi connectivity index (χ3n) is 3.26. The van der Waals surface area contributed by atoms with E-state index in [4.69, 9.17) is 18.9 Å². The van der Waals surface area contributed by atoms with Crippen LogP contribution in [0.4, 0.5) is 0 Å². The highest BCUT2D eigenvalue weighted by Crippen LogP contribution is 2.23. The summed E-state index contributed by atoms with van der Waals surface area (Å²) in [5.74, 6) is 2.17. The van der Waals surface area contributed by atoms with E-state index in [9.17, 15) is 4.79 Å². The molecule has 0 saturated heterocycles. The minimum Gasteiger partial charge on any atom is -0.497 e. The molecule has 1 amide bonds. The van der Waals surface area contributed by atoms with Crippen molar-refractivity contribution in [2.45, 2.75) is 0 Å². The molecular weight excluding hydrogens is 324 g/mol. The predicted octanol–water partition coefficient (Wildman–Crippen LogP) is 2.24. The molecule has 0 aliphatic rings. The number of amides is 1. The van der Waals surface area contributed by atoms with Gasteiger partial charge in [-0.15, -0.1) is 0 Å². The van der Waals surface area contributed by atoms with Crippen LogP contribution in [0.3, 0.4) is 0 Å². The number of carbonyl (C=O) groups excluding carboxylic acids is 1. The third kappa shape index (κ3) is 5.42. The number of carbonyl (C=O) groups is 1. The normalized spacial score (nSPS) is 10.4. The summed E-state index contributed by atoms with van der Waals surface area (Å²) < 4.78 is 20.8.